The van der Waals surface area contributed by atoms with Crippen LogP contribution < -0.4 is 14.8 Å². The summed E-state index contributed by atoms with van der Waals surface area (Å²) in [5.41, 5.74) is 2.25. The van der Waals surface area contributed by atoms with Crippen LogP contribution in [0.25, 0.3) is 22.5 Å². The molecule has 4 heterocycles. The van der Waals surface area contributed by atoms with Gasteiger partial charge in [0, 0.05) is 11.6 Å². The molecule has 0 saturated heterocycles. The molecule has 3 aromatic heterocycles. The average molecular weight is 457 g/mol. The van der Waals surface area contributed by atoms with E-state index in [0.29, 0.717) is 51.1 Å². The van der Waals surface area contributed by atoms with E-state index in [0.717, 1.165) is 0 Å². The molecule has 0 spiro atoms. The van der Waals surface area contributed by atoms with Crippen LogP contribution in [0.1, 0.15) is 16.1 Å². The molecule has 2 aromatic carbocycles. The van der Waals surface area contributed by atoms with Crippen molar-refractivity contribution in [1.82, 2.24) is 29.5 Å². The van der Waals surface area contributed by atoms with Gasteiger partial charge in [-0.2, -0.15) is 14.9 Å². The minimum Gasteiger partial charge on any atom is -0.454 e. The SMILES string of the molecule is Cc1cc(NC(=O)c2ccc3c(c2)OCO3)n(-c2ncnc3c2cnn3-c2ccc(F)cc2)n1. The largest absolute Gasteiger partial charge is 0.454 e. The Morgan fingerprint density at radius 2 is 1.85 bits per heavy atom. The van der Waals surface area contributed by atoms with Crippen molar-refractivity contribution in [3.05, 3.63) is 78.1 Å². The van der Waals surface area contributed by atoms with Crippen LogP contribution in [0.15, 0.2) is 61.1 Å². The molecular weight excluding hydrogens is 441 g/mol. The summed E-state index contributed by atoms with van der Waals surface area (Å²) in [7, 11) is 0. The number of amides is 1. The van der Waals surface area contributed by atoms with Crippen molar-refractivity contribution in [1.29, 1.82) is 0 Å². The van der Waals surface area contributed by atoms with E-state index in [1.54, 1.807) is 47.3 Å². The first-order valence-electron chi connectivity index (χ1n) is 10.3. The van der Waals surface area contributed by atoms with Gasteiger partial charge in [-0.05, 0) is 49.4 Å². The van der Waals surface area contributed by atoms with Crippen LogP contribution in [-0.4, -0.2) is 42.2 Å². The molecule has 0 unspecified atom stereocenters. The summed E-state index contributed by atoms with van der Waals surface area (Å²) in [5.74, 6) is 1.29. The highest BCUT2D eigenvalue weighted by Crippen LogP contribution is 2.33. The lowest BCUT2D eigenvalue weighted by atomic mass is 10.2. The van der Waals surface area contributed by atoms with Crippen LogP contribution in [0.5, 0.6) is 11.5 Å². The van der Waals surface area contributed by atoms with Crippen LogP contribution in [0.4, 0.5) is 10.2 Å². The summed E-state index contributed by atoms with van der Waals surface area (Å²) in [5, 5.41) is 12.4. The van der Waals surface area contributed by atoms with Crippen molar-refractivity contribution >= 4 is 22.8 Å². The number of rotatable bonds is 4. The van der Waals surface area contributed by atoms with Gasteiger partial charge < -0.3 is 14.8 Å². The number of benzene rings is 2. The third-order valence-corrected chi connectivity index (χ3v) is 5.32. The number of nitrogens with one attached hydrogen (secondary N) is 1. The number of carbonyl (C=O) groups is 1. The molecule has 11 heteroatoms. The Hall–Kier alpha value is -4.80. The lowest BCUT2D eigenvalue weighted by molar-refractivity contribution is 0.102. The number of nitrogens with zero attached hydrogens (tertiary/aromatic N) is 6. The van der Waals surface area contributed by atoms with Gasteiger partial charge in [0.05, 0.1) is 23.0 Å². The lowest BCUT2D eigenvalue weighted by Crippen LogP contribution is -2.15. The first kappa shape index (κ1) is 19.9. The van der Waals surface area contributed by atoms with Gasteiger partial charge in [-0.1, -0.05) is 0 Å². The molecule has 1 N–H and O–H groups in total. The molecule has 0 atom stereocenters. The molecule has 5 aromatic rings. The second-order valence-electron chi connectivity index (χ2n) is 7.57. The van der Waals surface area contributed by atoms with Crippen molar-refractivity contribution in [2.45, 2.75) is 6.92 Å². The van der Waals surface area contributed by atoms with Crippen LogP contribution in [0.2, 0.25) is 0 Å². The van der Waals surface area contributed by atoms with Crippen LogP contribution in [0.3, 0.4) is 0 Å². The van der Waals surface area contributed by atoms with E-state index in [1.165, 1.54) is 23.1 Å². The number of aryl methyl sites for hydroxylation is 1. The Morgan fingerprint density at radius 1 is 1.03 bits per heavy atom. The quantitative estimate of drug-likeness (QED) is 0.440. The van der Waals surface area contributed by atoms with Gasteiger partial charge in [0.2, 0.25) is 6.79 Å². The van der Waals surface area contributed by atoms with Crippen molar-refractivity contribution < 1.29 is 18.7 Å². The number of hydrogen-bond acceptors (Lipinski definition) is 7. The molecule has 0 bridgehead atoms. The minimum absolute atomic E-state index is 0.127. The maximum absolute atomic E-state index is 13.4. The van der Waals surface area contributed by atoms with E-state index in [2.05, 4.69) is 25.5 Å². The fraction of sp³-hybridized carbons (Fsp3) is 0.0870. The van der Waals surface area contributed by atoms with E-state index in [9.17, 15) is 9.18 Å². The number of ether oxygens (including phenoxy) is 2. The molecule has 168 valence electrons. The third-order valence-electron chi connectivity index (χ3n) is 5.32. The molecule has 1 aliphatic heterocycles. The van der Waals surface area contributed by atoms with Gasteiger partial charge >= 0.3 is 0 Å². The third kappa shape index (κ3) is 3.30. The highest BCUT2D eigenvalue weighted by molar-refractivity contribution is 6.04. The van der Waals surface area contributed by atoms with Crippen molar-refractivity contribution in [2.24, 2.45) is 0 Å². The van der Waals surface area contributed by atoms with Crippen LogP contribution >= 0.6 is 0 Å². The van der Waals surface area contributed by atoms with Crippen molar-refractivity contribution in [2.75, 3.05) is 12.1 Å². The summed E-state index contributed by atoms with van der Waals surface area (Å²) >= 11 is 0. The fourth-order valence-corrected chi connectivity index (χ4v) is 3.75. The number of carbonyl (C=O) groups excluding carboxylic acids is 1. The Balaban J connectivity index is 1.38. The van der Waals surface area contributed by atoms with Gasteiger partial charge in [0.15, 0.2) is 23.0 Å². The summed E-state index contributed by atoms with van der Waals surface area (Å²) in [6, 6.07) is 12.6. The second kappa shape index (κ2) is 7.66. The summed E-state index contributed by atoms with van der Waals surface area (Å²) in [4.78, 5) is 21.7. The van der Waals surface area contributed by atoms with E-state index in [-0.39, 0.29) is 18.5 Å². The molecule has 0 radical (unpaired) electrons. The zero-order valence-electron chi connectivity index (χ0n) is 17.8. The topological polar surface area (TPSA) is 109 Å². The lowest BCUT2D eigenvalue weighted by Gasteiger charge is -2.09. The van der Waals surface area contributed by atoms with Gasteiger partial charge in [-0.15, -0.1) is 0 Å². The summed E-state index contributed by atoms with van der Waals surface area (Å²) in [6.07, 6.45) is 2.99. The molecule has 1 amide bonds. The number of halogens is 1. The van der Waals surface area contributed by atoms with E-state index in [1.807, 2.05) is 6.92 Å². The van der Waals surface area contributed by atoms with Gasteiger partial charge in [0.1, 0.15) is 18.0 Å². The predicted octanol–water partition coefficient (Wildman–Crippen LogP) is 3.43. The zero-order chi connectivity index (χ0) is 23.2. The second-order valence-corrected chi connectivity index (χ2v) is 7.57. The predicted molar refractivity (Wildman–Crippen MR) is 119 cm³/mol. The molecule has 1 aliphatic rings. The number of hydrogen-bond donors (Lipinski definition) is 1. The normalized spacial score (nSPS) is 12.3. The first-order chi connectivity index (χ1) is 16.6. The van der Waals surface area contributed by atoms with E-state index < -0.39 is 0 Å². The molecule has 6 rings (SSSR count). The molecule has 0 saturated carbocycles. The molecular formula is C23H16FN7O3. The van der Waals surface area contributed by atoms with Gasteiger partial charge in [-0.25, -0.2) is 19.0 Å². The Labute approximate surface area is 191 Å². The van der Waals surface area contributed by atoms with Crippen LogP contribution in [-0.2, 0) is 0 Å². The van der Waals surface area contributed by atoms with Gasteiger partial charge in [0.25, 0.3) is 5.91 Å². The smallest absolute Gasteiger partial charge is 0.256 e. The summed E-state index contributed by atoms with van der Waals surface area (Å²) < 4.78 is 27.1. The fourth-order valence-electron chi connectivity index (χ4n) is 3.75. The maximum Gasteiger partial charge on any atom is 0.256 e. The highest BCUT2D eigenvalue weighted by atomic mass is 19.1. The first-order valence-corrected chi connectivity index (χ1v) is 10.3. The molecule has 0 fully saturated rings. The minimum atomic E-state index is -0.342. The van der Waals surface area contributed by atoms with Gasteiger partial charge in [-0.3, -0.25) is 4.79 Å². The van der Waals surface area contributed by atoms with Crippen molar-refractivity contribution in [3.63, 3.8) is 0 Å². The molecule has 0 aliphatic carbocycles. The van der Waals surface area contributed by atoms with Crippen LogP contribution in [0, 0.1) is 12.7 Å². The number of anilines is 1. The molecule has 34 heavy (non-hydrogen) atoms. The zero-order valence-corrected chi connectivity index (χ0v) is 17.8. The van der Waals surface area contributed by atoms with E-state index in [4.69, 9.17) is 9.47 Å². The number of fused-ring (bicyclic) bond motifs is 2. The summed E-state index contributed by atoms with van der Waals surface area (Å²) in [6.45, 7) is 1.94. The van der Waals surface area contributed by atoms with E-state index >= 15 is 0 Å². The standard InChI is InChI=1S/C23H16FN7O3/c1-13-8-20(28-23(32)14-2-7-18-19(9-14)34-12-33-18)31(29-13)22-17-10-27-30(21(17)25-11-26-22)16-5-3-15(24)4-6-16/h2-11H,12H2,1H3,(H,28,32). The highest BCUT2D eigenvalue weighted by Gasteiger charge is 2.20. The Bertz CT molecular complexity index is 1560. The van der Waals surface area contributed by atoms with Crippen molar-refractivity contribution in [3.8, 4) is 23.0 Å². The monoisotopic (exact) mass is 457 g/mol. The Kier molecular flexibility index (Phi) is 4.47. The Morgan fingerprint density at radius 3 is 2.71 bits per heavy atom. The number of aromatic nitrogens is 6. The molecule has 10 nitrogen and oxygen atoms in total. The maximum atomic E-state index is 13.4. The average Bonchev–Trinajstić information content (AvgIpc) is 3.57.